The van der Waals surface area contributed by atoms with Gasteiger partial charge in [-0.05, 0) is 38.6 Å². The lowest BCUT2D eigenvalue weighted by molar-refractivity contribution is 0.587. The number of aromatic amines is 1. The molecule has 0 bridgehead atoms. The van der Waals surface area contributed by atoms with Crippen LogP contribution in [0.3, 0.4) is 0 Å². The van der Waals surface area contributed by atoms with Crippen LogP contribution in [0.5, 0.6) is 0 Å². The number of sulfonamides is 1. The van der Waals surface area contributed by atoms with Crippen LogP contribution in [0.15, 0.2) is 29.3 Å². The second-order valence-electron chi connectivity index (χ2n) is 4.56. The van der Waals surface area contributed by atoms with Gasteiger partial charge in [0.15, 0.2) is 0 Å². The third-order valence-electron chi connectivity index (χ3n) is 3.16. The number of benzene rings is 1. The maximum atomic E-state index is 11.9. The SMILES string of the molecule is CNS(=O)(=O)c1cc(NCc2cn[nH]c2C)ccc1C. The molecular formula is C13H18N4O2S. The molecule has 0 fully saturated rings. The minimum atomic E-state index is -3.44. The van der Waals surface area contributed by atoms with Gasteiger partial charge in [0.05, 0.1) is 11.1 Å². The fourth-order valence-electron chi connectivity index (χ4n) is 1.86. The number of aryl methyl sites for hydroxylation is 2. The lowest BCUT2D eigenvalue weighted by Gasteiger charge is -2.11. The van der Waals surface area contributed by atoms with Crippen LogP contribution in [0, 0.1) is 13.8 Å². The molecular weight excluding hydrogens is 276 g/mol. The Morgan fingerprint density at radius 1 is 1.30 bits per heavy atom. The number of rotatable bonds is 5. The molecule has 0 saturated carbocycles. The molecule has 0 saturated heterocycles. The number of H-pyrrole nitrogens is 1. The predicted octanol–water partition coefficient (Wildman–Crippen LogP) is 1.55. The van der Waals surface area contributed by atoms with Gasteiger partial charge in [0.1, 0.15) is 0 Å². The van der Waals surface area contributed by atoms with Gasteiger partial charge >= 0.3 is 0 Å². The van der Waals surface area contributed by atoms with E-state index in [0.29, 0.717) is 12.1 Å². The van der Waals surface area contributed by atoms with Gasteiger partial charge in [-0.3, -0.25) is 5.10 Å². The molecule has 0 unspecified atom stereocenters. The van der Waals surface area contributed by atoms with Crippen LogP contribution in [0.2, 0.25) is 0 Å². The van der Waals surface area contributed by atoms with Gasteiger partial charge in [0, 0.05) is 23.5 Å². The van der Waals surface area contributed by atoms with E-state index in [4.69, 9.17) is 0 Å². The fraction of sp³-hybridized carbons (Fsp3) is 0.308. The molecule has 7 heteroatoms. The fourth-order valence-corrected chi connectivity index (χ4v) is 2.85. The van der Waals surface area contributed by atoms with E-state index in [0.717, 1.165) is 16.9 Å². The summed E-state index contributed by atoms with van der Waals surface area (Å²) in [5, 5.41) is 10.0. The molecule has 6 nitrogen and oxygen atoms in total. The highest BCUT2D eigenvalue weighted by Gasteiger charge is 2.15. The molecule has 0 atom stereocenters. The third kappa shape index (κ3) is 3.00. The summed E-state index contributed by atoms with van der Waals surface area (Å²) in [6.45, 7) is 4.30. The summed E-state index contributed by atoms with van der Waals surface area (Å²) in [6, 6.07) is 5.28. The minimum Gasteiger partial charge on any atom is -0.381 e. The number of aromatic nitrogens is 2. The van der Waals surface area contributed by atoms with Crippen molar-refractivity contribution in [2.24, 2.45) is 0 Å². The van der Waals surface area contributed by atoms with Crippen LogP contribution in [-0.4, -0.2) is 25.7 Å². The molecule has 1 aromatic heterocycles. The van der Waals surface area contributed by atoms with Crippen molar-refractivity contribution < 1.29 is 8.42 Å². The van der Waals surface area contributed by atoms with Crippen LogP contribution in [0.4, 0.5) is 5.69 Å². The standard InChI is InChI=1S/C13H18N4O2S/c1-9-4-5-12(6-13(9)20(18,19)14-3)15-7-11-8-16-17-10(11)2/h4-6,8,14-15H,7H2,1-3H3,(H,16,17). The van der Waals surface area contributed by atoms with Gasteiger partial charge in [-0.2, -0.15) is 5.10 Å². The molecule has 1 aromatic carbocycles. The van der Waals surface area contributed by atoms with Crippen molar-refractivity contribution in [2.75, 3.05) is 12.4 Å². The van der Waals surface area contributed by atoms with E-state index in [1.54, 1.807) is 25.3 Å². The number of anilines is 1. The Balaban J connectivity index is 2.22. The Bertz CT molecular complexity index is 707. The molecule has 108 valence electrons. The molecule has 0 amide bonds. The van der Waals surface area contributed by atoms with Crippen molar-refractivity contribution in [1.29, 1.82) is 0 Å². The normalized spacial score (nSPS) is 11.6. The summed E-state index contributed by atoms with van der Waals surface area (Å²) in [7, 11) is -2.03. The van der Waals surface area contributed by atoms with Gasteiger partial charge in [0.25, 0.3) is 0 Å². The van der Waals surface area contributed by atoms with Gasteiger partial charge in [-0.15, -0.1) is 0 Å². The first-order chi connectivity index (χ1) is 9.44. The predicted molar refractivity (Wildman–Crippen MR) is 78.1 cm³/mol. The summed E-state index contributed by atoms with van der Waals surface area (Å²) >= 11 is 0. The molecule has 0 aliphatic carbocycles. The first kappa shape index (κ1) is 14.5. The van der Waals surface area contributed by atoms with Crippen molar-refractivity contribution in [2.45, 2.75) is 25.3 Å². The molecule has 0 aliphatic rings. The van der Waals surface area contributed by atoms with Crippen molar-refractivity contribution in [1.82, 2.24) is 14.9 Å². The van der Waals surface area contributed by atoms with Crippen molar-refractivity contribution >= 4 is 15.7 Å². The summed E-state index contributed by atoms with van der Waals surface area (Å²) in [6.07, 6.45) is 1.75. The van der Waals surface area contributed by atoms with Crippen molar-refractivity contribution in [3.63, 3.8) is 0 Å². The van der Waals surface area contributed by atoms with Crippen molar-refractivity contribution in [3.05, 3.63) is 41.2 Å². The zero-order valence-electron chi connectivity index (χ0n) is 11.7. The Labute approximate surface area is 118 Å². The third-order valence-corrected chi connectivity index (χ3v) is 4.72. The Kier molecular flexibility index (Phi) is 4.10. The Morgan fingerprint density at radius 2 is 2.05 bits per heavy atom. The van der Waals surface area contributed by atoms with Crippen LogP contribution in [0.25, 0.3) is 0 Å². The monoisotopic (exact) mass is 294 g/mol. The zero-order valence-corrected chi connectivity index (χ0v) is 12.5. The highest BCUT2D eigenvalue weighted by Crippen LogP contribution is 2.20. The van der Waals surface area contributed by atoms with Crippen LogP contribution in [0.1, 0.15) is 16.8 Å². The number of hydrogen-bond acceptors (Lipinski definition) is 4. The summed E-state index contributed by atoms with van der Waals surface area (Å²) < 4.78 is 26.1. The first-order valence-corrected chi connectivity index (χ1v) is 7.69. The topological polar surface area (TPSA) is 86.9 Å². The van der Waals surface area contributed by atoms with E-state index in [-0.39, 0.29) is 4.90 Å². The first-order valence-electron chi connectivity index (χ1n) is 6.21. The second kappa shape index (κ2) is 5.64. The van der Waals surface area contributed by atoms with E-state index in [1.165, 1.54) is 7.05 Å². The average Bonchev–Trinajstić information content (AvgIpc) is 2.83. The Hall–Kier alpha value is -1.86. The lowest BCUT2D eigenvalue weighted by atomic mass is 10.2. The zero-order chi connectivity index (χ0) is 14.8. The van der Waals surface area contributed by atoms with Gasteiger partial charge in [-0.25, -0.2) is 13.1 Å². The van der Waals surface area contributed by atoms with Crippen LogP contribution < -0.4 is 10.0 Å². The van der Waals surface area contributed by atoms with E-state index >= 15 is 0 Å². The van der Waals surface area contributed by atoms with Crippen molar-refractivity contribution in [3.8, 4) is 0 Å². The van der Waals surface area contributed by atoms with E-state index < -0.39 is 10.0 Å². The molecule has 3 N–H and O–H groups in total. The number of nitrogens with one attached hydrogen (secondary N) is 3. The van der Waals surface area contributed by atoms with E-state index in [2.05, 4.69) is 20.2 Å². The lowest BCUT2D eigenvalue weighted by Crippen LogP contribution is -2.19. The number of nitrogens with zero attached hydrogens (tertiary/aromatic N) is 1. The van der Waals surface area contributed by atoms with Gasteiger partial charge < -0.3 is 5.32 Å². The largest absolute Gasteiger partial charge is 0.381 e. The van der Waals surface area contributed by atoms with Gasteiger partial charge in [0.2, 0.25) is 10.0 Å². The maximum absolute atomic E-state index is 11.9. The highest BCUT2D eigenvalue weighted by molar-refractivity contribution is 7.89. The molecule has 0 spiro atoms. The second-order valence-corrected chi connectivity index (χ2v) is 6.42. The minimum absolute atomic E-state index is 0.286. The quantitative estimate of drug-likeness (QED) is 0.781. The maximum Gasteiger partial charge on any atom is 0.240 e. The van der Waals surface area contributed by atoms with Gasteiger partial charge in [-0.1, -0.05) is 6.07 Å². The molecule has 20 heavy (non-hydrogen) atoms. The number of hydrogen-bond donors (Lipinski definition) is 3. The summed E-state index contributed by atoms with van der Waals surface area (Å²) in [5.74, 6) is 0. The summed E-state index contributed by atoms with van der Waals surface area (Å²) in [5.41, 5.74) is 3.51. The molecule has 0 radical (unpaired) electrons. The molecule has 1 heterocycles. The van der Waals surface area contributed by atoms with Crippen LogP contribution >= 0.6 is 0 Å². The molecule has 2 rings (SSSR count). The average molecular weight is 294 g/mol. The smallest absolute Gasteiger partial charge is 0.240 e. The Morgan fingerprint density at radius 3 is 2.65 bits per heavy atom. The van der Waals surface area contributed by atoms with Crippen LogP contribution in [-0.2, 0) is 16.6 Å². The molecule has 2 aromatic rings. The summed E-state index contributed by atoms with van der Waals surface area (Å²) in [4.78, 5) is 0.286. The highest BCUT2D eigenvalue weighted by atomic mass is 32.2. The van der Waals surface area contributed by atoms with E-state index in [9.17, 15) is 8.42 Å². The van der Waals surface area contributed by atoms with E-state index in [1.807, 2.05) is 13.0 Å². The molecule has 0 aliphatic heterocycles.